The number of nitrogens with zero attached hydrogens (tertiary/aromatic N) is 1. The second-order valence-electron chi connectivity index (χ2n) is 6.27. The van der Waals surface area contributed by atoms with Crippen LogP contribution in [0.5, 0.6) is 5.75 Å². The average Bonchev–Trinajstić information content (AvgIpc) is 3.37. The molecule has 0 amide bonds. The van der Waals surface area contributed by atoms with E-state index in [1.807, 2.05) is 0 Å². The van der Waals surface area contributed by atoms with Gasteiger partial charge in [-0.05, 0) is 48.7 Å². The van der Waals surface area contributed by atoms with E-state index in [-0.39, 0.29) is 9.78 Å². The van der Waals surface area contributed by atoms with Crippen molar-refractivity contribution in [3.8, 4) is 5.75 Å². The molecule has 0 radical (unpaired) electrons. The zero-order chi connectivity index (χ0) is 20.1. The van der Waals surface area contributed by atoms with Crippen LogP contribution in [0.3, 0.4) is 0 Å². The summed E-state index contributed by atoms with van der Waals surface area (Å²) in [6.07, 6.45) is 4.84. The molecule has 3 rings (SSSR count). The molecule has 1 aliphatic heterocycles. The first-order chi connectivity index (χ1) is 13.4. The molecular formula is C20H21NO5S2. The fourth-order valence-electron chi connectivity index (χ4n) is 2.91. The van der Waals surface area contributed by atoms with E-state index in [4.69, 9.17) is 4.74 Å². The lowest BCUT2D eigenvalue weighted by molar-refractivity contribution is -0.130. The summed E-state index contributed by atoms with van der Waals surface area (Å²) in [5.41, 5.74) is 0.685. The van der Waals surface area contributed by atoms with Crippen LogP contribution >= 0.6 is 11.3 Å². The van der Waals surface area contributed by atoms with Crippen LogP contribution in [-0.2, 0) is 14.8 Å². The maximum Gasteiger partial charge on any atom is 0.337 e. The van der Waals surface area contributed by atoms with E-state index in [9.17, 15) is 18.3 Å². The predicted molar refractivity (Wildman–Crippen MR) is 110 cm³/mol. The maximum atomic E-state index is 12.7. The maximum absolute atomic E-state index is 12.7. The van der Waals surface area contributed by atoms with Gasteiger partial charge in [0, 0.05) is 18.0 Å². The van der Waals surface area contributed by atoms with Gasteiger partial charge in [-0.2, -0.15) is 4.31 Å². The number of benzene rings is 1. The molecule has 1 N–H and O–H groups in total. The zero-order valence-electron chi connectivity index (χ0n) is 15.2. The second kappa shape index (κ2) is 8.72. The number of aliphatic carboxylic acids is 1. The molecule has 0 aliphatic carbocycles. The van der Waals surface area contributed by atoms with Crippen LogP contribution in [-0.4, -0.2) is 43.5 Å². The summed E-state index contributed by atoms with van der Waals surface area (Å²) in [5, 5.41) is 9.66. The Morgan fingerprint density at radius 1 is 1.25 bits per heavy atom. The number of hydrogen-bond acceptors (Lipinski definition) is 5. The molecular weight excluding hydrogens is 398 g/mol. The highest BCUT2D eigenvalue weighted by Gasteiger charge is 2.29. The van der Waals surface area contributed by atoms with E-state index in [2.05, 4.69) is 6.58 Å². The molecule has 1 fully saturated rings. The Kier molecular flexibility index (Phi) is 6.33. The lowest BCUT2D eigenvalue weighted by Gasteiger charge is -2.13. The van der Waals surface area contributed by atoms with Gasteiger partial charge in [0.25, 0.3) is 10.0 Å². The third kappa shape index (κ3) is 4.52. The Balaban J connectivity index is 1.91. The molecule has 148 valence electrons. The number of hydrogen-bond donors (Lipinski definition) is 1. The van der Waals surface area contributed by atoms with Gasteiger partial charge >= 0.3 is 5.97 Å². The van der Waals surface area contributed by atoms with Crippen LogP contribution in [0, 0.1) is 0 Å². The highest BCUT2D eigenvalue weighted by atomic mass is 32.2. The molecule has 2 aromatic rings. The summed E-state index contributed by atoms with van der Waals surface area (Å²) in [7, 11) is -3.56. The van der Waals surface area contributed by atoms with Gasteiger partial charge < -0.3 is 9.84 Å². The molecule has 0 saturated carbocycles. The predicted octanol–water partition coefficient (Wildman–Crippen LogP) is 3.72. The van der Waals surface area contributed by atoms with Gasteiger partial charge in [0.15, 0.2) is 0 Å². The Labute approximate surface area is 168 Å². The number of rotatable bonds is 8. The van der Waals surface area contributed by atoms with E-state index in [1.165, 1.54) is 16.4 Å². The van der Waals surface area contributed by atoms with Crippen LogP contribution < -0.4 is 4.74 Å². The highest BCUT2D eigenvalue weighted by molar-refractivity contribution is 7.91. The fraction of sp³-hybridized carbons (Fsp3) is 0.250. The first-order valence-electron chi connectivity index (χ1n) is 8.81. The van der Waals surface area contributed by atoms with Crippen molar-refractivity contribution in [3.05, 3.63) is 59.5 Å². The molecule has 1 aromatic heterocycles. The van der Waals surface area contributed by atoms with Gasteiger partial charge in [-0.3, -0.25) is 0 Å². The summed E-state index contributed by atoms with van der Waals surface area (Å²) in [5.74, 6) is -0.522. The third-order valence-corrected chi connectivity index (χ3v) is 7.76. The first-order valence-corrected chi connectivity index (χ1v) is 11.1. The van der Waals surface area contributed by atoms with Crippen molar-refractivity contribution in [3.63, 3.8) is 0 Å². The number of ether oxygens (including phenoxy) is 1. The largest absolute Gasteiger partial charge is 0.490 e. The number of sulfonamides is 1. The minimum Gasteiger partial charge on any atom is -0.490 e. The lowest BCUT2D eigenvalue weighted by atomic mass is 10.1. The number of thiophene rings is 1. The van der Waals surface area contributed by atoms with E-state index in [0.717, 1.165) is 24.2 Å². The first kappa shape index (κ1) is 20.3. The van der Waals surface area contributed by atoms with Crippen molar-refractivity contribution in [2.45, 2.75) is 17.1 Å². The van der Waals surface area contributed by atoms with Gasteiger partial charge in [0.2, 0.25) is 0 Å². The van der Waals surface area contributed by atoms with E-state index >= 15 is 0 Å². The molecule has 0 unspecified atom stereocenters. The van der Waals surface area contributed by atoms with Crippen molar-refractivity contribution >= 4 is 39.0 Å². The fourth-order valence-corrected chi connectivity index (χ4v) is 5.90. The van der Waals surface area contributed by atoms with E-state index < -0.39 is 16.0 Å². The minimum atomic E-state index is -3.56. The molecule has 1 saturated heterocycles. The molecule has 1 aromatic carbocycles. The Hall–Kier alpha value is -2.42. The standard InChI is InChI=1S/C20H21NO5S2/c1-2-12-26-16-7-5-6-15(13-16)14-17(20(22)23)18-8-9-19(27-18)28(24,25)21-10-3-4-11-21/h2,5-9,13-14H,1,3-4,10-12H2,(H,22,23)/b17-14-. The lowest BCUT2D eigenvalue weighted by Crippen LogP contribution is -2.27. The van der Waals surface area contributed by atoms with Crippen LogP contribution in [0.4, 0.5) is 0 Å². The topological polar surface area (TPSA) is 83.9 Å². The van der Waals surface area contributed by atoms with Crippen LogP contribution in [0.15, 0.2) is 53.3 Å². The monoisotopic (exact) mass is 419 g/mol. The van der Waals surface area contributed by atoms with E-state index in [1.54, 1.807) is 36.4 Å². The quantitative estimate of drug-likeness (QED) is 0.521. The molecule has 28 heavy (non-hydrogen) atoms. The van der Waals surface area contributed by atoms with Gasteiger partial charge in [-0.25, -0.2) is 13.2 Å². The SMILES string of the molecule is C=CCOc1cccc(/C=C(\C(=O)O)c2ccc(S(=O)(=O)N3CCCC3)s2)c1. The van der Waals surface area contributed by atoms with Crippen molar-refractivity contribution < 1.29 is 23.1 Å². The van der Waals surface area contributed by atoms with E-state index in [0.29, 0.717) is 35.9 Å². The van der Waals surface area contributed by atoms with Gasteiger partial charge in [-0.15, -0.1) is 11.3 Å². The van der Waals surface area contributed by atoms with Crippen molar-refractivity contribution in [2.24, 2.45) is 0 Å². The summed E-state index contributed by atoms with van der Waals surface area (Å²) in [6, 6.07) is 10.1. The smallest absolute Gasteiger partial charge is 0.337 e. The summed E-state index contributed by atoms with van der Waals surface area (Å²) >= 11 is 0.977. The van der Waals surface area contributed by atoms with Gasteiger partial charge in [0.05, 0.1) is 5.57 Å². The Morgan fingerprint density at radius 2 is 2.00 bits per heavy atom. The van der Waals surface area contributed by atoms with Crippen LogP contribution in [0.1, 0.15) is 23.3 Å². The molecule has 6 nitrogen and oxygen atoms in total. The Morgan fingerprint density at radius 3 is 2.68 bits per heavy atom. The number of carboxylic acid groups (broad SMARTS) is 1. The molecule has 1 aliphatic rings. The summed E-state index contributed by atoms with van der Waals surface area (Å²) < 4.78 is 32.5. The molecule has 0 spiro atoms. The minimum absolute atomic E-state index is 0.0359. The summed E-state index contributed by atoms with van der Waals surface area (Å²) in [6.45, 7) is 4.96. The Bertz CT molecular complexity index is 1000. The van der Waals surface area contributed by atoms with Gasteiger partial charge in [0.1, 0.15) is 16.6 Å². The molecule has 8 heteroatoms. The molecule has 0 atom stereocenters. The normalized spacial score (nSPS) is 15.5. The number of carbonyl (C=O) groups is 1. The van der Waals surface area contributed by atoms with Crippen molar-refractivity contribution in [2.75, 3.05) is 19.7 Å². The third-order valence-electron chi connectivity index (χ3n) is 4.27. The number of carboxylic acids is 1. The highest BCUT2D eigenvalue weighted by Crippen LogP contribution is 2.32. The second-order valence-corrected chi connectivity index (χ2v) is 9.51. The van der Waals surface area contributed by atoms with Crippen LogP contribution in [0.2, 0.25) is 0 Å². The summed E-state index contributed by atoms with van der Waals surface area (Å²) in [4.78, 5) is 12.2. The van der Waals surface area contributed by atoms with Gasteiger partial charge in [-0.1, -0.05) is 24.8 Å². The van der Waals surface area contributed by atoms with Crippen molar-refractivity contribution in [1.29, 1.82) is 0 Å². The average molecular weight is 420 g/mol. The molecule has 2 heterocycles. The molecule has 0 bridgehead atoms. The zero-order valence-corrected chi connectivity index (χ0v) is 16.8. The van der Waals surface area contributed by atoms with Crippen LogP contribution in [0.25, 0.3) is 11.6 Å². The van der Waals surface area contributed by atoms with Crippen molar-refractivity contribution in [1.82, 2.24) is 4.31 Å².